The van der Waals surface area contributed by atoms with E-state index in [1.807, 2.05) is 0 Å². The fourth-order valence-corrected chi connectivity index (χ4v) is 4.60. The summed E-state index contributed by atoms with van der Waals surface area (Å²) in [6.45, 7) is 0. The molecule has 106 valence electrons. The quantitative estimate of drug-likeness (QED) is 0.507. The van der Waals surface area contributed by atoms with Crippen LogP contribution in [0, 0.1) is 17.8 Å². The predicted octanol–water partition coefficient (Wildman–Crippen LogP) is 1.92. The summed E-state index contributed by atoms with van der Waals surface area (Å²) in [5.41, 5.74) is 8.82. The summed E-state index contributed by atoms with van der Waals surface area (Å²) in [6.07, 6.45) is 9.07. The Morgan fingerprint density at radius 1 is 1.32 bits per heavy atom. The molecule has 0 aromatic rings. The summed E-state index contributed by atoms with van der Waals surface area (Å²) in [7, 11) is 0. The molecule has 3 saturated carbocycles. The van der Waals surface area contributed by atoms with Crippen LogP contribution in [0.3, 0.4) is 0 Å². The van der Waals surface area contributed by atoms with Crippen LogP contribution in [0.1, 0.15) is 51.4 Å². The zero-order valence-electron chi connectivity index (χ0n) is 11.3. The first-order valence-electron chi connectivity index (χ1n) is 7.46. The molecule has 2 bridgehead atoms. The molecule has 0 radical (unpaired) electrons. The van der Waals surface area contributed by atoms with Crippen molar-refractivity contribution >= 4 is 23.0 Å². The van der Waals surface area contributed by atoms with Crippen molar-refractivity contribution in [1.29, 1.82) is 0 Å². The second-order valence-electron chi connectivity index (χ2n) is 6.36. The smallest absolute Gasteiger partial charge is 0.184 e. The van der Waals surface area contributed by atoms with Gasteiger partial charge in [0, 0.05) is 11.6 Å². The molecule has 19 heavy (non-hydrogen) atoms. The van der Waals surface area contributed by atoms with Gasteiger partial charge in [-0.1, -0.05) is 19.3 Å². The van der Waals surface area contributed by atoms with E-state index in [4.69, 9.17) is 18.0 Å². The van der Waals surface area contributed by atoms with Gasteiger partial charge in [-0.2, -0.15) is 5.10 Å². The van der Waals surface area contributed by atoms with Crippen LogP contribution in [-0.4, -0.2) is 21.5 Å². The highest BCUT2D eigenvalue weighted by Crippen LogP contribution is 2.52. The number of hydrogen-bond acceptors (Lipinski definition) is 3. The number of hydrazone groups is 1. The number of aliphatic hydroxyl groups is 1. The van der Waals surface area contributed by atoms with Crippen LogP contribution in [0.25, 0.3) is 0 Å². The van der Waals surface area contributed by atoms with Gasteiger partial charge in [0.1, 0.15) is 0 Å². The average molecular weight is 281 g/mol. The summed E-state index contributed by atoms with van der Waals surface area (Å²) in [5.74, 6) is 1.21. The van der Waals surface area contributed by atoms with E-state index >= 15 is 0 Å². The zero-order valence-corrected chi connectivity index (χ0v) is 12.1. The maximum Gasteiger partial charge on any atom is 0.184 e. The summed E-state index contributed by atoms with van der Waals surface area (Å²) in [5, 5.41) is 15.8. The molecule has 0 amide bonds. The first-order valence-corrected chi connectivity index (χ1v) is 7.87. The second kappa shape index (κ2) is 5.02. The monoisotopic (exact) mass is 281 g/mol. The number of fused-ring (bicyclic) bond motifs is 4. The molecule has 4 N–H and O–H groups in total. The van der Waals surface area contributed by atoms with Crippen LogP contribution in [-0.2, 0) is 0 Å². The largest absolute Gasteiger partial charge is 0.389 e. The number of nitrogens with one attached hydrogen (secondary N) is 1. The fourth-order valence-electron chi connectivity index (χ4n) is 4.56. The fraction of sp³-hybridized carbons (Fsp3) is 0.857. The Balaban J connectivity index is 1.90. The van der Waals surface area contributed by atoms with Gasteiger partial charge in [-0.3, -0.25) is 5.43 Å². The topological polar surface area (TPSA) is 70.6 Å². The third-order valence-electron chi connectivity index (χ3n) is 5.38. The molecular formula is C14H23N3OS. The van der Waals surface area contributed by atoms with Crippen molar-refractivity contribution in [2.75, 3.05) is 0 Å². The predicted molar refractivity (Wildman–Crippen MR) is 79.7 cm³/mol. The third kappa shape index (κ3) is 2.27. The molecule has 4 nitrogen and oxygen atoms in total. The average Bonchev–Trinajstić information content (AvgIpc) is 2.38. The van der Waals surface area contributed by atoms with Crippen molar-refractivity contribution in [3.05, 3.63) is 0 Å². The van der Waals surface area contributed by atoms with Gasteiger partial charge in [0.25, 0.3) is 0 Å². The number of thiocarbonyl (C=S) groups is 1. The minimum Gasteiger partial charge on any atom is -0.389 e. The van der Waals surface area contributed by atoms with E-state index in [9.17, 15) is 5.11 Å². The molecule has 0 unspecified atom stereocenters. The lowest BCUT2D eigenvalue weighted by Crippen LogP contribution is -2.58. The molecule has 0 aromatic carbocycles. The second-order valence-corrected chi connectivity index (χ2v) is 6.80. The van der Waals surface area contributed by atoms with Crippen molar-refractivity contribution in [1.82, 2.24) is 5.43 Å². The minimum absolute atomic E-state index is 0.211. The highest BCUT2D eigenvalue weighted by Gasteiger charge is 2.54. The van der Waals surface area contributed by atoms with Gasteiger partial charge in [0.05, 0.1) is 5.60 Å². The zero-order chi connectivity index (χ0) is 13.5. The Morgan fingerprint density at radius 2 is 2.16 bits per heavy atom. The standard InChI is InChI=1S/C14H23N3OS/c15-13(19)17-16-12-9-4-3-6-11(12)14(18)7-2-1-5-10(14)8-9/h9-11,18H,1-8H2,(H3,15,17,19)/b16-12-/t9-,10-,11+,14+/m0/s1. The van der Waals surface area contributed by atoms with Crippen molar-refractivity contribution in [2.45, 2.75) is 57.0 Å². The van der Waals surface area contributed by atoms with Crippen molar-refractivity contribution in [3.8, 4) is 0 Å². The maximum absolute atomic E-state index is 11.2. The Bertz CT molecular complexity index is 411. The summed E-state index contributed by atoms with van der Waals surface area (Å²) in [4.78, 5) is 0. The Kier molecular flexibility index (Phi) is 3.52. The van der Waals surface area contributed by atoms with E-state index in [1.54, 1.807) is 0 Å². The van der Waals surface area contributed by atoms with Gasteiger partial charge >= 0.3 is 0 Å². The van der Waals surface area contributed by atoms with Gasteiger partial charge < -0.3 is 10.8 Å². The molecule has 4 atom stereocenters. The summed E-state index contributed by atoms with van der Waals surface area (Å²) in [6, 6.07) is 0. The molecule has 0 aliphatic heterocycles. The Morgan fingerprint density at radius 3 is 2.95 bits per heavy atom. The van der Waals surface area contributed by atoms with Crippen LogP contribution in [0.5, 0.6) is 0 Å². The molecular weight excluding hydrogens is 258 g/mol. The number of nitrogens with two attached hydrogens (primary N) is 1. The molecule has 3 rings (SSSR count). The molecule has 0 aromatic heterocycles. The lowest BCUT2D eigenvalue weighted by molar-refractivity contribution is -0.101. The molecule has 0 saturated heterocycles. The molecule has 0 spiro atoms. The van der Waals surface area contributed by atoms with Crippen molar-refractivity contribution in [3.63, 3.8) is 0 Å². The Labute approximate surface area is 119 Å². The van der Waals surface area contributed by atoms with Gasteiger partial charge in [0.15, 0.2) is 5.11 Å². The maximum atomic E-state index is 11.2. The van der Waals surface area contributed by atoms with Crippen LogP contribution in [0.15, 0.2) is 5.10 Å². The summed E-state index contributed by atoms with van der Waals surface area (Å²) < 4.78 is 0. The van der Waals surface area contributed by atoms with Gasteiger partial charge in [-0.05, 0) is 56.2 Å². The summed E-state index contributed by atoms with van der Waals surface area (Å²) >= 11 is 4.84. The lowest BCUT2D eigenvalue weighted by Gasteiger charge is -2.54. The van der Waals surface area contributed by atoms with Crippen LogP contribution in [0.4, 0.5) is 0 Å². The van der Waals surface area contributed by atoms with E-state index in [2.05, 4.69) is 10.5 Å². The highest BCUT2D eigenvalue weighted by atomic mass is 32.1. The number of hydrogen-bond donors (Lipinski definition) is 3. The third-order valence-corrected chi connectivity index (χ3v) is 5.47. The molecule has 3 aliphatic rings. The van der Waals surface area contributed by atoms with Gasteiger partial charge in [-0.15, -0.1) is 0 Å². The molecule has 5 heteroatoms. The number of rotatable bonds is 1. The normalized spacial score (nSPS) is 43.6. The lowest BCUT2D eigenvalue weighted by atomic mass is 9.54. The van der Waals surface area contributed by atoms with Gasteiger partial charge in [0.2, 0.25) is 0 Å². The first kappa shape index (κ1) is 13.3. The van der Waals surface area contributed by atoms with E-state index < -0.39 is 5.60 Å². The van der Waals surface area contributed by atoms with Gasteiger partial charge in [-0.25, -0.2) is 0 Å². The Hall–Kier alpha value is -0.680. The van der Waals surface area contributed by atoms with E-state index in [0.717, 1.165) is 31.4 Å². The van der Waals surface area contributed by atoms with Crippen LogP contribution in [0.2, 0.25) is 0 Å². The first-order chi connectivity index (χ1) is 9.11. The molecule has 3 aliphatic carbocycles. The van der Waals surface area contributed by atoms with Crippen molar-refractivity contribution in [2.24, 2.45) is 28.6 Å². The minimum atomic E-state index is -0.522. The van der Waals surface area contributed by atoms with E-state index in [1.165, 1.54) is 25.7 Å². The highest BCUT2D eigenvalue weighted by molar-refractivity contribution is 7.80. The molecule has 3 fully saturated rings. The molecule has 0 heterocycles. The van der Waals surface area contributed by atoms with Crippen LogP contribution >= 0.6 is 12.2 Å². The SMILES string of the molecule is NC(=S)N/N=C1/[C@H]2CCC[C@H]1[C@@]1(O)CCCC[C@H]1C2. The number of nitrogens with zero attached hydrogens (tertiary/aromatic N) is 1. The van der Waals surface area contributed by atoms with E-state index in [0.29, 0.717) is 11.8 Å². The van der Waals surface area contributed by atoms with Crippen molar-refractivity contribution < 1.29 is 5.11 Å². The van der Waals surface area contributed by atoms with E-state index in [-0.39, 0.29) is 11.0 Å². The van der Waals surface area contributed by atoms with Crippen LogP contribution < -0.4 is 11.2 Å².